The average molecular weight is 591 g/mol. The van der Waals surface area contributed by atoms with E-state index >= 15 is 0 Å². The van der Waals surface area contributed by atoms with Crippen molar-refractivity contribution < 1.29 is 0 Å². The van der Waals surface area contributed by atoms with Gasteiger partial charge in [-0.25, -0.2) is 0 Å². The van der Waals surface area contributed by atoms with Gasteiger partial charge < -0.3 is 9.05 Å². The zero-order chi connectivity index (χ0) is 30.7. The van der Waals surface area contributed by atoms with Gasteiger partial charge in [-0.05, 0) is 69.8 Å². The Labute approximate surface area is 270 Å². The third-order valence-electron chi connectivity index (χ3n) is 11.1. The lowest BCUT2D eigenvalue weighted by molar-refractivity contribution is 0.664. The quantitative estimate of drug-likeness (QED) is 0.181. The maximum Gasteiger partial charge on any atom is 0.332 e. The lowest BCUT2D eigenvalue weighted by atomic mass is 9.48. The molecule has 1 aliphatic carbocycles. The Bertz CT molecular complexity index is 2560. The summed E-state index contributed by atoms with van der Waals surface area (Å²) >= 11 is 0. The highest BCUT2D eigenvalue weighted by Gasteiger charge is 2.41. The van der Waals surface area contributed by atoms with Crippen LogP contribution >= 0.6 is 0 Å². The van der Waals surface area contributed by atoms with E-state index < -0.39 is 0 Å². The first kappa shape index (κ1) is 26.2. The van der Waals surface area contributed by atoms with Crippen LogP contribution in [0.5, 0.6) is 0 Å². The lowest BCUT2D eigenvalue weighted by Gasteiger charge is -2.30. The molecular weight excluding hydrogens is 555 g/mol. The van der Waals surface area contributed by atoms with Crippen molar-refractivity contribution in [2.75, 3.05) is 0 Å². The van der Waals surface area contributed by atoms with Gasteiger partial charge >= 0.3 is 6.85 Å². The minimum atomic E-state index is -0.123. The molecule has 0 saturated heterocycles. The van der Waals surface area contributed by atoms with Gasteiger partial charge in [0.1, 0.15) is 0 Å². The predicted molar refractivity (Wildman–Crippen MR) is 197 cm³/mol. The Morgan fingerprint density at radius 1 is 0.609 bits per heavy atom. The fraction of sp³-hybridized carbons (Fsp3) is 0.163. The van der Waals surface area contributed by atoms with Crippen LogP contribution in [0.25, 0.3) is 60.4 Å². The summed E-state index contributed by atoms with van der Waals surface area (Å²) in [5.41, 5.74) is 16.2. The van der Waals surface area contributed by atoms with Crippen LogP contribution in [0.3, 0.4) is 0 Å². The van der Waals surface area contributed by atoms with E-state index in [9.17, 15) is 0 Å². The molecule has 0 atom stereocenters. The third kappa shape index (κ3) is 3.23. The van der Waals surface area contributed by atoms with Crippen LogP contribution in [-0.4, -0.2) is 15.9 Å². The van der Waals surface area contributed by atoms with Crippen LogP contribution in [0.15, 0.2) is 121 Å². The van der Waals surface area contributed by atoms with E-state index in [1.54, 1.807) is 0 Å². The second-order valence-electron chi connectivity index (χ2n) is 13.9. The molecule has 0 saturated carbocycles. The number of aromatic nitrogens is 2. The van der Waals surface area contributed by atoms with E-state index in [0.717, 1.165) is 6.42 Å². The number of unbranched alkanes of at least 4 members (excludes halogenated alkanes) is 1. The summed E-state index contributed by atoms with van der Waals surface area (Å²) < 4.78 is 5.28. The van der Waals surface area contributed by atoms with E-state index in [0.29, 0.717) is 0 Å². The van der Waals surface area contributed by atoms with E-state index in [-0.39, 0.29) is 12.3 Å². The molecular formula is C43H35BN2. The van der Waals surface area contributed by atoms with Crippen LogP contribution in [0.1, 0.15) is 50.3 Å². The number of nitrogens with zero attached hydrogens (tertiary/aromatic N) is 2. The molecule has 0 amide bonds. The summed E-state index contributed by atoms with van der Waals surface area (Å²) in [7, 11) is 0. The van der Waals surface area contributed by atoms with Gasteiger partial charge in [-0.1, -0.05) is 130 Å². The van der Waals surface area contributed by atoms with Crippen molar-refractivity contribution in [1.29, 1.82) is 0 Å². The second-order valence-corrected chi connectivity index (χ2v) is 13.9. The summed E-state index contributed by atoms with van der Waals surface area (Å²) in [6.07, 6.45) is 3.55. The van der Waals surface area contributed by atoms with Crippen LogP contribution in [0.4, 0.5) is 0 Å². The van der Waals surface area contributed by atoms with Gasteiger partial charge in [-0.2, -0.15) is 0 Å². The summed E-state index contributed by atoms with van der Waals surface area (Å²) in [6, 6.07) is 46.2. The van der Waals surface area contributed by atoms with Crippen LogP contribution in [-0.2, 0) is 11.8 Å². The number of rotatable bonds is 4. The van der Waals surface area contributed by atoms with Gasteiger partial charge in [0.2, 0.25) is 0 Å². The molecule has 10 rings (SSSR count). The summed E-state index contributed by atoms with van der Waals surface area (Å²) in [6.45, 7) is 7.15. The van der Waals surface area contributed by atoms with E-state index in [1.165, 1.54) is 101 Å². The fourth-order valence-corrected chi connectivity index (χ4v) is 9.13. The molecule has 1 aliphatic heterocycles. The Morgan fingerprint density at radius 3 is 2.24 bits per heavy atom. The first-order valence-corrected chi connectivity index (χ1v) is 16.9. The van der Waals surface area contributed by atoms with Gasteiger partial charge in [-0.3, -0.25) is 0 Å². The van der Waals surface area contributed by atoms with Crippen molar-refractivity contribution in [3.05, 3.63) is 138 Å². The van der Waals surface area contributed by atoms with Crippen molar-refractivity contribution in [3.8, 4) is 16.8 Å². The highest BCUT2D eigenvalue weighted by Crippen LogP contribution is 2.52. The zero-order valence-corrected chi connectivity index (χ0v) is 26.6. The van der Waals surface area contributed by atoms with Gasteiger partial charge in [-0.15, -0.1) is 0 Å². The highest BCUT2D eigenvalue weighted by atomic mass is 15.0. The number of hydrogen-bond acceptors (Lipinski definition) is 0. The Hall–Kier alpha value is -5.02. The van der Waals surface area contributed by atoms with Gasteiger partial charge in [0, 0.05) is 43.7 Å². The Balaban J connectivity index is 1.36. The van der Waals surface area contributed by atoms with Crippen molar-refractivity contribution in [2.45, 2.75) is 45.4 Å². The second kappa shape index (κ2) is 9.27. The number of hydrogen-bond donors (Lipinski definition) is 0. The molecule has 0 unspecified atom stereocenters. The van der Waals surface area contributed by atoms with E-state index in [4.69, 9.17) is 0 Å². The van der Waals surface area contributed by atoms with Crippen molar-refractivity contribution in [2.24, 2.45) is 0 Å². The molecule has 2 nitrogen and oxygen atoms in total. The molecule has 220 valence electrons. The van der Waals surface area contributed by atoms with E-state index in [2.05, 4.69) is 151 Å². The standard InChI is InChI=1S/C43H35BN2/c1-4-5-13-27-22-23-30-32-16-12-19-36-41(32)45(39(30)26-27)38-21-11-9-18-35(38)44(36)46-37-20-10-7-15-29(37)33-25-24-31-28-14-6-8-17-34(28)43(2,3)40(31)42(33)46/h6-12,14-26H,4-5,13H2,1-3H3. The molecule has 0 spiro atoms. The Kier molecular flexibility index (Phi) is 5.28. The molecule has 3 heterocycles. The maximum absolute atomic E-state index is 2.71. The zero-order valence-electron chi connectivity index (χ0n) is 26.6. The average Bonchev–Trinajstić information content (AvgIpc) is 3.68. The lowest BCUT2D eigenvalue weighted by Crippen LogP contribution is -2.53. The van der Waals surface area contributed by atoms with Gasteiger partial charge in [0.15, 0.2) is 0 Å². The molecule has 0 fully saturated rings. The summed E-state index contributed by atoms with van der Waals surface area (Å²) in [5, 5.41) is 5.34. The number of fused-ring (bicyclic) bond motifs is 12. The molecule has 6 aromatic carbocycles. The van der Waals surface area contributed by atoms with Gasteiger partial charge in [0.25, 0.3) is 0 Å². The Morgan fingerprint density at radius 2 is 1.33 bits per heavy atom. The van der Waals surface area contributed by atoms with Crippen molar-refractivity contribution in [3.63, 3.8) is 0 Å². The van der Waals surface area contributed by atoms with Crippen molar-refractivity contribution >= 4 is 61.4 Å². The first-order chi connectivity index (χ1) is 22.6. The predicted octanol–water partition coefficient (Wildman–Crippen LogP) is 9.51. The molecule has 0 radical (unpaired) electrons. The largest absolute Gasteiger partial charge is 0.376 e. The summed E-state index contributed by atoms with van der Waals surface area (Å²) in [4.78, 5) is 0. The van der Waals surface area contributed by atoms with Crippen LogP contribution in [0, 0.1) is 0 Å². The SMILES string of the molecule is CCCCc1ccc2c3cccc4c3n(c2c1)-c1ccccc1B4n1c2ccccc2c2ccc3c(c21)C(C)(C)c1ccccc1-3. The van der Waals surface area contributed by atoms with Crippen molar-refractivity contribution in [1.82, 2.24) is 9.05 Å². The molecule has 0 bridgehead atoms. The minimum Gasteiger partial charge on any atom is -0.376 e. The minimum absolute atomic E-state index is 0.0321. The highest BCUT2D eigenvalue weighted by molar-refractivity contribution is 6.88. The number of benzene rings is 6. The normalized spacial score (nSPS) is 14.4. The first-order valence-electron chi connectivity index (χ1n) is 16.9. The van der Waals surface area contributed by atoms with Crippen LogP contribution < -0.4 is 10.9 Å². The smallest absolute Gasteiger partial charge is 0.332 e. The topological polar surface area (TPSA) is 9.86 Å². The summed E-state index contributed by atoms with van der Waals surface area (Å²) in [5.74, 6) is 0. The fourth-order valence-electron chi connectivity index (χ4n) is 9.13. The number of aryl methyl sites for hydroxylation is 1. The monoisotopic (exact) mass is 590 g/mol. The third-order valence-corrected chi connectivity index (χ3v) is 11.1. The van der Waals surface area contributed by atoms with Crippen LogP contribution in [0.2, 0.25) is 0 Å². The van der Waals surface area contributed by atoms with E-state index in [1.807, 2.05) is 0 Å². The molecule has 3 heteroatoms. The molecule has 2 aromatic heterocycles. The molecule has 8 aromatic rings. The van der Waals surface area contributed by atoms with Gasteiger partial charge in [0.05, 0.1) is 11.0 Å². The molecule has 46 heavy (non-hydrogen) atoms. The number of para-hydroxylation sites is 3. The maximum atomic E-state index is 2.71. The molecule has 2 aliphatic rings. The molecule has 0 N–H and O–H groups in total.